The van der Waals surface area contributed by atoms with E-state index in [0.717, 1.165) is 40.6 Å². The minimum Gasteiger partial charge on any atom is -0.344 e. The van der Waals surface area contributed by atoms with Gasteiger partial charge in [-0.3, -0.25) is 9.59 Å². The van der Waals surface area contributed by atoms with Gasteiger partial charge in [-0.15, -0.1) is 11.3 Å². The summed E-state index contributed by atoms with van der Waals surface area (Å²) in [5.74, 6) is -0.198. The first-order valence-electron chi connectivity index (χ1n) is 12.5. The van der Waals surface area contributed by atoms with Gasteiger partial charge >= 0.3 is 6.03 Å². The van der Waals surface area contributed by atoms with Crippen LogP contribution in [0.5, 0.6) is 0 Å². The van der Waals surface area contributed by atoms with Crippen molar-refractivity contribution < 1.29 is 14.4 Å². The average Bonchev–Trinajstić information content (AvgIpc) is 3.54. The molecule has 0 aliphatic carbocycles. The molecule has 7 nitrogen and oxygen atoms in total. The van der Waals surface area contributed by atoms with Crippen LogP contribution in [0.15, 0.2) is 60.0 Å². The first-order valence-corrected chi connectivity index (χ1v) is 13.4. The molecule has 36 heavy (non-hydrogen) atoms. The molecule has 3 heterocycles. The van der Waals surface area contributed by atoms with Crippen molar-refractivity contribution in [2.75, 3.05) is 31.5 Å². The van der Waals surface area contributed by atoms with E-state index in [-0.39, 0.29) is 23.3 Å². The molecule has 2 aliphatic heterocycles. The average molecular weight is 505 g/mol. The summed E-state index contributed by atoms with van der Waals surface area (Å²) in [7, 11) is 0. The number of hydrogen-bond donors (Lipinski definition) is 2. The lowest BCUT2D eigenvalue weighted by molar-refractivity contribution is -0.135. The summed E-state index contributed by atoms with van der Waals surface area (Å²) in [5.41, 5.74) is 0.862. The number of hydrogen-bond acceptors (Lipinski definition) is 4. The first kappa shape index (κ1) is 24.3. The monoisotopic (exact) mass is 504 g/mol. The van der Waals surface area contributed by atoms with Gasteiger partial charge in [-0.2, -0.15) is 0 Å². The second kappa shape index (κ2) is 10.3. The number of nitrogens with zero attached hydrogens (tertiary/aromatic N) is 2. The number of nitrogens with one attached hydrogen (secondary N) is 2. The molecule has 0 saturated carbocycles. The summed E-state index contributed by atoms with van der Waals surface area (Å²) < 4.78 is 0. The lowest BCUT2D eigenvalue weighted by Gasteiger charge is -2.39. The molecule has 0 unspecified atom stereocenters. The minimum absolute atomic E-state index is 0.00777. The zero-order chi connectivity index (χ0) is 25.1. The van der Waals surface area contributed by atoms with Gasteiger partial charge in [-0.25, -0.2) is 4.79 Å². The number of benzene rings is 2. The molecule has 2 saturated heterocycles. The number of carbonyl (C=O) groups excluding carboxylic acids is 3. The smallest absolute Gasteiger partial charge is 0.321 e. The van der Waals surface area contributed by atoms with Crippen LogP contribution in [0.2, 0.25) is 0 Å². The van der Waals surface area contributed by atoms with Crippen LogP contribution < -0.4 is 10.6 Å². The second-order valence-electron chi connectivity index (χ2n) is 9.99. The third-order valence-corrected chi connectivity index (χ3v) is 8.45. The van der Waals surface area contributed by atoms with Crippen molar-refractivity contribution in [3.05, 3.63) is 64.9 Å². The fourth-order valence-electron chi connectivity index (χ4n) is 5.54. The lowest BCUT2D eigenvalue weighted by Crippen LogP contribution is -2.50. The summed E-state index contributed by atoms with van der Waals surface area (Å²) in [5, 5.41) is 10.1. The Kier molecular flexibility index (Phi) is 6.96. The Balaban J connectivity index is 1.18. The Labute approximate surface area is 215 Å². The third-order valence-electron chi connectivity index (χ3n) is 7.55. The van der Waals surface area contributed by atoms with Crippen molar-refractivity contribution in [2.45, 2.75) is 38.6 Å². The number of urea groups is 1. The molecule has 1 aromatic heterocycles. The normalized spacial score (nSPS) is 17.8. The SMILES string of the molecule is CC(=O)N[C@@H](Cc1cccs1)C(=O)N1CCC2(CCN(C(=O)Nc3cccc4ccccc34)CC2)C1. The van der Waals surface area contributed by atoms with Crippen molar-refractivity contribution >= 4 is 45.6 Å². The van der Waals surface area contributed by atoms with E-state index in [0.29, 0.717) is 32.6 Å². The maximum atomic E-state index is 13.4. The molecule has 2 aromatic carbocycles. The van der Waals surface area contributed by atoms with Crippen LogP contribution in [0.4, 0.5) is 10.5 Å². The summed E-state index contributed by atoms with van der Waals surface area (Å²) in [6, 6.07) is 17.3. The molecule has 5 rings (SSSR count). The largest absolute Gasteiger partial charge is 0.344 e. The Bertz CT molecular complexity index is 1250. The molecule has 2 fully saturated rings. The number of carbonyl (C=O) groups is 3. The van der Waals surface area contributed by atoms with Gasteiger partial charge in [0.2, 0.25) is 11.8 Å². The summed E-state index contributed by atoms with van der Waals surface area (Å²) >= 11 is 1.60. The van der Waals surface area contributed by atoms with Gasteiger partial charge in [0, 0.05) is 49.8 Å². The Morgan fingerprint density at radius 1 is 0.944 bits per heavy atom. The van der Waals surface area contributed by atoms with Gasteiger partial charge in [-0.1, -0.05) is 42.5 Å². The highest BCUT2D eigenvalue weighted by molar-refractivity contribution is 7.09. The predicted octanol–water partition coefficient (Wildman–Crippen LogP) is 4.50. The van der Waals surface area contributed by atoms with Gasteiger partial charge in [-0.05, 0) is 47.6 Å². The van der Waals surface area contributed by atoms with Crippen LogP contribution >= 0.6 is 11.3 Å². The Morgan fingerprint density at radius 2 is 1.67 bits per heavy atom. The molecule has 0 radical (unpaired) electrons. The fraction of sp³-hybridized carbons (Fsp3) is 0.393. The molecule has 8 heteroatoms. The van der Waals surface area contributed by atoms with E-state index < -0.39 is 6.04 Å². The molecule has 3 aromatic rings. The quantitative estimate of drug-likeness (QED) is 0.537. The number of fused-ring (bicyclic) bond motifs is 1. The molecule has 4 amide bonds. The molecule has 188 valence electrons. The van der Waals surface area contributed by atoms with Crippen molar-refractivity contribution in [3.63, 3.8) is 0 Å². The Morgan fingerprint density at radius 3 is 2.39 bits per heavy atom. The molecule has 1 atom stereocenters. The van der Waals surface area contributed by atoms with Gasteiger partial charge in [0.05, 0.1) is 5.69 Å². The molecule has 2 aliphatic rings. The van der Waals surface area contributed by atoms with Crippen LogP contribution in [0.1, 0.15) is 31.1 Å². The summed E-state index contributed by atoms with van der Waals surface area (Å²) in [4.78, 5) is 43.1. The van der Waals surface area contributed by atoms with Crippen molar-refractivity contribution in [1.82, 2.24) is 15.1 Å². The highest BCUT2D eigenvalue weighted by atomic mass is 32.1. The van der Waals surface area contributed by atoms with Gasteiger partial charge in [0.15, 0.2) is 0 Å². The predicted molar refractivity (Wildman–Crippen MR) is 143 cm³/mol. The van der Waals surface area contributed by atoms with Gasteiger partial charge in [0.25, 0.3) is 0 Å². The minimum atomic E-state index is -0.539. The van der Waals surface area contributed by atoms with Crippen LogP contribution in [0, 0.1) is 5.41 Å². The highest BCUT2D eigenvalue weighted by Crippen LogP contribution is 2.41. The van der Waals surface area contributed by atoms with E-state index in [1.165, 1.54) is 6.92 Å². The molecule has 2 N–H and O–H groups in total. The molecular weight excluding hydrogens is 472 g/mol. The van der Waals surface area contributed by atoms with Gasteiger partial charge in [0.1, 0.15) is 6.04 Å². The maximum absolute atomic E-state index is 13.4. The fourth-order valence-corrected chi connectivity index (χ4v) is 6.29. The zero-order valence-electron chi connectivity index (χ0n) is 20.5. The number of anilines is 1. The van der Waals surface area contributed by atoms with E-state index in [1.54, 1.807) is 11.3 Å². The zero-order valence-corrected chi connectivity index (χ0v) is 21.4. The topological polar surface area (TPSA) is 81.8 Å². The van der Waals surface area contributed by atoms with Crippen molar-refractivity contribution in [3.8, 4) is 0 Å². The van der Waals surface area contributed by atoms with Crippen LogP contribution in [-0.4, -0.2) is 59.9 Å². The standard InChI is InChI=1S/C28H32N4O3S/c1-20(33)29-25(18-22-8-5-17-36-22)26(34)32-16-13-28(19-32)11-14-31(15-12-28)27(35)30-24-10-4-7-21-6-2-3-9-23(21)24/h2-10,17,25H,11-16,18-19H2,1H3,(H,29,33)(H,30,35)/t25-/m0/s1. The van der Waals surface area contributed by atoms with E-state index in [4.69, 9.17) is 0 Å². The highest BCUT2D eigenvalue weighted by Gasteiger charge is 2.44. The number of amides is 4. The first-order chi connectivity index (χ1) is 17.4. The van der Waals surface area contributed by atoms with Crippen molar-refractivity contribution in [1.29, 1.82) is 0 Å². The number of rotatable bonds is 5. The van der Waals surface area contributed by atoms with Crippen LogP contribution in [0.25, 0.3) is 10.8 Å². The molecule has 1 spiro atoms. The Hall–Kier alpha value is -3.39. The third kappa shape index (κ3) is 5.23. The molecule has 0 bridgehead atoms. The molecular formula is C28H32N4O3S. The van der Waals surface area contributed by atoms with E-state index in [2.05, 4.69) is 10.6 Å². The lowest BCUT2D eigenvalue weighted by atomic mass is 9.78. The van der Waals surface area contributed by atoms with Crippen LogP contribution in [-0.2, 0) is 16.0 Å². The number of piperidine rings is 1. The van der Waals surface area contributed by atoms with E-state index in [1.807, 2.05) is 69.8 Å². The van der Waals surface area contributed by atoms with Crippen molar-refractivity contribution in [2.24, 2.45) is 5.41 Å². The van der Waals surface area contributed by atoms with E-state index >= 15 is 0 Å². The number of thiophene rings is 1. The summed E-state index contributed by atoms with van der Waals surface area (Å²) in [6.45, 7) is 4.18. The van der Waals surface area contributed by atoms with E-state index in [9.17, 15) is 14.4 Å². The number of likely N-dealkylation sites (tertiary alicyclic amines) is 2. The second-order valence-corrected chi connectivity index (χ2v) is 11.0. The van der Waals surface area contributed by atoms with Crippen LogP contribution in [0.3, 0.4) is 0 Å². The maximum Gasteiger partial charge on any atom is 0.321 e. The van der Waals surface area contributed by atoms with Gasteiger partial charge < -0.3 is 20.4 Å². The summed E-state index contributed by atoms with van der Waals surface area (Å²) in [6.07, 6.45) is 3.19.